The number of carbonyl (C=O) groups excluding carboxylic acids is 1. The van der Waals surface area contributed by atoms with Crippen LogP contribution in [0.1, 0.15) is 29.9 Å². The van der Waals surface area contributed by atoms with Gasteiger partial charge >= 0.3 is 5.97 Å². The molecule has 0 spiro atoms. The van der Waals surface area contributed by atoms with E-state index in [0.29, 0.717) is 33.8 Å². The molecule has 9 heteroatoms. The van der Waals surface area contributed by atoms with Gasteiger partial charge in [0.05, 0.1) is 24.9 Å². The molecule has 0 aliphatic rings. The first kappa shape index (κ1) is 21.2. The number of nitrogen functional groups attached to an aromatic ring is 1. The van der Waals surface area contributed by atoms with Gasteiger partial charge < -0.3 is 10.5 Å². The van der Waals surface area contributed by atoms with E-state index in [2.05, 4.69) is 19.7 Å². The van der Waals surface area contributed by atoms with Crippen molar-refractivity contribution >= 4 is 11.9 Å². The van der Waals surface area contributed by atoms with Gasteiger partial charge in [0.15, 0.2) is 0 Å². The third-order valence-corrected chi connectivity index (χ3v) is 4.40. The van der Waals surface area contributed by atoms with E-state index in [1.54, 1.807) is 13.0 Å². The van der Waals surface area contributed by atoms with Gasteiger partial charge in [-0.1, -0.05) is 0 Å². The number of alkyl halides is 2. The Hall–Kier alpha value is -3.49. The van der Waals surface area contributed by atoms with Crippen molar-refractivity contribution in [3.63, 3.8) is 0 Å². The fraction of sp³-hybridized carbons (Fsp3) is 0.238. The van der Waals surface area contributed by atoms with Crippen molar-refractivity contribution in [2.75, 3.05) is 12.8 Å². The van der Waals surface area contributed by atoms with E-state index < -0.39 is 23.9 Å². The van der Waals surface area contributed by atoms with E-state index in [9.17, 15) is 18.0 Å². The van der Waals surface area contributed by atoms with Crippen LogP contribution < -0.4 is 5.73 Å². The van der Waals surface area contributed by atoms with Gasteiger partial charge in [-0.05, 0) is 48.9 Å². The van der Waals surface area contributed by atoms with E-state index in [1.165, 1.54) is 37.4 Å². The molecule has 0 radical (unpaired) electrons. The van der Waals surface area contributed by atoms with Crippen molar-refractivity contribution in [3.05, 3.63) is 59.3 Å². The van der Waals surface area contributed by atoms with Crippen LogP contribution in [0.15, 0.2) is 36.4 Å². The highest BCUT2D eigenvalue weighted by Gasteiger charge is 2.21. The molecule has 3 aromatic rings. The molecule has 2 heterocycles. The van der Waals surface area contributed by atoms with Crippen LogP contribution in [0, 0.1) is 12.7 Å². The van der Waals surface area contributed by atoms with Crippen molar-refractivity contribution in [2.24, 2.45) is 0 Å². The quantitative estimate of drug-likeness (QED) is 0.603. The number of nitrogens with two attached hydrogens (primary N) is 1. The van der Waals surface area contributed by atoms with E-state index in [1.807, 2.05) is 0 Å². The lowest BCUT2D eigenvalue weighted by Crippen LogP contribution is -2.09. The summed E-state index contributed by atoms with van der Waals surface area (Å²) < 4.78 is 44.8. The highest BCUT2D eigenvalue weighted by Crippen LogP contribution is 2.36. The molecule has 2 N–H and O–H groups in total. The average Bonchev–Trinajstić information content (AvgIpc) is 2.71. The molecule has 0 fully saturated rings. The lowest BCUT2D eigenvalue weighted by atomic mass is 9.95. The average molecular weight is 416 g/mol. The van der Waals surface area contributed by atoms with Crippen molar-refractivity contribution in [1.29, 1.82) is 0 Å². The van der Waals surface area contributed by atoms with Gasteiger partial charge in [-0.2, -0.15) is 0 Å². The maximum atomic E-state index is 13.4. The van der Waals surface area contributed by atoms with Gasteiger partial charge in [-0.15, -0.1) is 0 Å². The van der Waals surface area contributed by atoms with Crippen LogP contribution in [0.25, 0.3) is 22.4 Å². The highest BCUT2D eigenvalue weighted by atomic mass is 19.3. The van der Waals surface area contributed by atoms with Gasteiger partial charge in [-0.3, -0.25) is 9.78 Å². The summed E-state index contributed by atoms with van der Waals surface area (Å²) >= 11 is 0. The monoisotopic (exact) mass is 416 g/mol. The molecule has 0 unspecified atom stereocenters. The van der Waals surface area contributed by atoms with Gasteiger partial charge in [-0.25, -0.2) is 23.1 Å². The molecular formula is C21H19F3N4O2. The molecule has 2 aromatic heterocycles. The Balaban J connectivity index is 2.26. The van der Waals surface area contributed by atoms with Gasteiger partial charge in [0, 0.05) is 23.2 Å². The zero-order valence-electron chi connectivity index (χ0n) is 16.3. The number of rotatable bonds is 6. The summed E-state index contributed by atoms with van der Waals surface area (Å²) in [6, 6.07) is 8.40. The lowest BCUT2D eigenvalue weighted by molar-refractivity contribution is -0.140. The fourth-order valence-corrected chi connectivity index (χ4v) is 3.10. The van der Waals surface area contributed by atoms with Crippen LogP contribution in [-0.2, 0) is 16.0 Å². The fourth-order valence-electron chi connectivity index (χ4n) is 3.10. The highest BCUT2D eigenvalue weighted by molar-refractivity contribution is 5.83. The standard InChI is InChI=1S/C21H19F3N4O2/c1-11-9-13(10-16(26-11)20(23)24)18-15(7-8-17(29)30-2)27-21(25)28-19(18)12-3-5-14(22)6-4-12/h3-6,9-10,20H,7-8H2,1-2H3,(H2,25,27,28). The summed E-state index contributed by atoms with van der Waals surface area (Å²) in [6.45, 7) is 1.60. The molecule has 6 nitrogen and oxygen atoms in total. The number of ether oxygens (including phenoxy) is 1. The van der Waals surface area contributed by atoms with Crippen LogP contribution in [-0.4, -0.2) is 28.0 Å². The first-order valence-corrected chi connectivity index (χ1v) is 9.04. The second-order valence-electron chi connectivity index (χ2n) is 6.56. The maximum absolute atomic E-state index is 13.4. The Labute approximate surface area is 171 Å². The minimum absolute atomic E-state index is 0.00851. The summed E-state index contributed by atoms with van der Waals surface area (Å²) in [5, 5.41) is 0. The number of nitrogens with zero attached hydrogens (tertiary/aromatic N) is 3. The SMILES string of the molecule is COC(=O)CCc1nc(N)nc(-c2ccc(F)cc2)c1-c1cc(C)nc(C(F)F)c1. The van der Waals surface area contributed by atoms with Gasteiger partial charge in [0.2, 0.25) is 5.95 Å². The summed E-state index contributed by atoms with van der Waals surface area (Å²) in [5.74, 6) is -0.952. The van der Waals surface area contributed by atoms with E-state index >= 15 is 0 Å². The van der Waals surface area contributed by atoms with Crippen LogP contribution in [0.5, 0.6) is 0 Å². The first-order chi connectivity index (χ1) is 14.3. The summed E-state index contributed by atoms with van der Waals surface area (Å²) in [4.78, 5) is 24.1. The number of halogens is 3. The second kappa shape index (κ2) is 8.89. The van der Waals surface area contributed by atoms with E-state index in [-0.39, 0.29) is 18.8 Å². The molecule has 0 atom stereocenters. The predicted octanol–water partition coefficient (Wildman–Crippen LogP) is 4.28. The smallest absolute Gasteiger partial charge is 0.305 e. The number of carbonyl (C=O) groups is 1. The van der Waals surface area contributed by atoms with Crippen molar-refractivity contribution in [1.82, 2.24) is 15.0 Å². The number of esters is 1. The summed E-state index contributed by atoms with van der Waals surface area (Å²) in [7, 11) is 1.27. The van der Waals surface area contributed by atoms with Crippen molar-refractivity contribution in [3.8, 4) is 22.4 Å². The third kappa shape index (κ3) is 4.73. The van der Waals surface area contributed by atoms with E-state index in [0.717, 1.165) is 0 Å². The molecular weight excluding hydrogens is 397 g/mol. The number of aryl methyl sites for hydroxylation is 2. The molecule has 0 aliphatic heterocycles. The Morgan fingerprint density at radius 3 is 2.43 bits per heavy atom. The molecule has 0 bridgehead atoms. The number of benzene rings is 1. The molecule has 156 valence electrons. The van der Waals surface area contributed by atoms with Gasteiger partial charge in [0.1, 0.15) is 11.5 Å². The minimum atomic E-state index is -2.77. The number of methoxy groups -OCH3 is 1. The second-order valence-corrected chi connectivity index (χ2v) is 6.56. The maximum Gasteiger partial charge on any atom is 0.305 e. The minimum Gasteiger partial charge on any atom is -0.469 e. The molecule has 0 aliphatic carbocycles. The van der Waals surface area contributed by atoms with Crippen LogP contribution in [0.2, 0.25) is 0 Å². The normalized spacial score (nSPS) is 11.0. The lowest BCUT2D eigenvalue weighted by Gasteiger charge is -2.16. The Morgan fingerprint density at radius 2 is 1.80 bits per heavy atom. The number of aromatic nitrogens is 3. The van der Waals surface area contributed by atoms with Crippen LogP contribution in [0.4, 0.5) is 19.1 Å². The number of hydrogen-bond donors (Lipinski definition) is 1. The van der Waals surface area contributed by atoms with Crippen LogP contribution >= 0.6 is 0 Å². The van der Waals surface area contributed by atoms with Crippen molar-refractivity contribution in [2.45, 2.75) is 26.2 Å². The zero-order chi connectivity index (χ0) is 21.8. The molecule has 30 heavy (non-hydrogen) atoms. The first-order valence-electron chi connectivity index (χ1n) is 9.04. The molecule has 0 amide bonds. The topological polar surface area (TPSA) is 91.0 Å². The Kier molecular flexibility index (Phi) is 6.29. The molecule has 0 saturated carbocycles. The van der Waals surface area contributed by atoms with Gasteiger partial charge in [0.25, 0.3) is 6.43 Å². The summed E-state index contributed by atoms with van der Waals surface area (Å²) in [5.41, 5.74) is 7.93. The zero-order valence-corrected chi connectivity index (χ0v) is 16.3. The van der Waals surface area contributed by atoms with Crippen molar-refractivity contribution < 1.29 is 22.7 Å². The van der Waals surface area contributed by atoms with E-state index in [4.69, 9.17) is 5.73 Å². The molecule has 1 aromatic carbocycles. The Bertz CT molecular complexity index is 1070. The predicted molar refractivity (Wildman–Crippen MR) is 105 cm³/mol. The van der Waals surface area contributed by atoms with Crippen LogP contribution in [0.3, 0.4) is 0 Å². The summed E-state index contributed by atoms with van der Waals surface area (Å²) in [6.07, 6.45) is -2.62. The number of pyridine rings is 1. The largest absolute Gasteiger partial charge is 0.469 e. The third-order valence-electron chi connectivity index (χ3n) is 4.40. The molecule has 0 saturated heterocycles. The number of anilines is 1. The number of hydrogen-bond acceptors (Lipinski definition) is 6. The Morgan fingerprint density at radius 1 is 1.10 bits per heavy atom. The molecule has 3 rings (SSSR count).